The summed E-state index contributed by atoms with van der Waals surface area (Å²) in [7, 11) is 0. The second-order valence-electron chi connectivity index (χ2n) is 3.71. The number of carbonyl (C=O) groups excluding carboxylic acids is 1. The molecular formula is C13H16O4. The van der Waals surface area contributed by atoms with E-state index in [4.69, 9.17) is 4.74 Å². The van der Waals surface area contributed by atoms with Gasteiger partial charge < -0.3 is 14.6 Å². The van der Waals surface area contributed by atoms with Crippen LogP contribution in [0.5, 0.6) is 5.75 Å². The maximum absolute atomic E-state index is 11.2. The van der Waals surface area contributed by atoms with Crippen LogP contribution < -0.4 is 4.74 Å². The molecule has 0 aliphatic rings. The van der Waals surface area contributed by atoms with Crippen molar-refractivity contribution in [3.63, 3.8) is 0 Å². The van der Waals surface area contributed by atoms with Crippen LogP contribution in [0.2, 0.25) is 0 Å². The fourth-order valence-corrected chi connectivity index (χ4v) is 1.70. The molecule has 1 unspecified atom stereocenters. The van der Waals surface area contributed by atoms with Gasteiger partial charge in [0, 0.05) is 0 Å². The SMILES string of the molecule is CCOc1ccc(C(C=O)(CC)C(=O)O)cc1. The standard InChI is InChI=1S/C13H16O4/c1-3-13(9-14,12(15)16)10-5-7-11(8-6-10)17-4-2/h5-9H,3-4H2,1-2H3,(H,15,16). The smallest absolute Gasteiger partial charge is 0.321 e. The summed E-state index contributed by atoms with van der Waals surface area (Å²) in [4.78, 5) is 22.3. The van der Waals surface area contributed by atoms with E-state index >= 15 is 0 Å². The molecule has 0 spiro atoms. The van der Waals surface area contributed by atoms with Gasteiger partial charge in [0.05, 0.1) is 6.61 Å². The van der Waals surface area contributed by atoms with Gasteiger partial charge in [-0.05, 0) is 31.0 Å². The van der Waals surface area contributed by atoms with Crippen LogP contribution in [0.3, 0.4) is 0 Å². The lowest BCUT2D eigenvalue weighted by molar-refractivity contribution is -0.146. The van der Waals surface area contributed by atoms with Crippen molar-refractivity contribution in [3.8, 4) is 5.75 Å². The summed E-state index contributed by atoms with van der Waals surface area (Å²) in [5.74, 6) is -0.461. The molecule has 0 bridgehead atoms. The molecule has 4 nitrogen and oxygen atoms in total. The maximum atomic E-state index is 11.2. The highest BCUT2D eigenvalue weighted by atomic mass is 16.5. The first-order valence-electron chi connectivity index (χ1n) is 5.53. The minimum Gasteiger partial charge on any atom is -0.494 e. The van der Waals surface area contributed by atoms with E-state index < -0.39 is 11.4 Å². The zero-order chi connectivity index (χ0) is 12.9. The number of benzene rings is 1. The van der Waals surface area contributed by atoms with Gasteiger partial charge in [0.2, 0.25) is 0 Å². The Morgan fingerprint density at radius 2 is 1.94 bits per heavy atom. The molecule has 0 aliphatic heterocycles. The second kappa shape index (κ2) is 5.48. The number of hydrogen-bond acceptors (Lipinski definition) is 3. The first kappa shape index (κ1) is 13.2. The Bertz CT molecular complexity index is 396. The van der Waals surface area contributed by atoms with Crippen molar-refractivity contribution in [3.05, 3.63) is 29.8 Å². The summed E-state index contributed by atoms with van der Waals surface area (Å²) in [5.41, 5.74) is -0.976. The molecule has 0 radical (unpaired) electrons. The first-order chi connectivity index (χ1) is 8.10. The number of carboxylic acid groups (broad SMARTS) is 1. The molecule has 0 aliphatic carbocycles. The van der Waals surface area contributed by atoms with E-state index in [1.807, 2.05) is 6.92 Å². The Kier molecular flexibility index (Phi) is 4.26. The number of aldehydes is 1. The molecule has 1 aromatic carbocycles. The summed E-state index contributed by atoms with van der Waals surface area (Å²) in [6.45, 7) is 4.09. The number of aliphatic carboxylic acids is 1. The minimum atomic E-state index is -1.45. The summed E-state index contributed by atoms with van der Waals surface area (Å²) in [6.07, 6.45) is 0.713. The van der Waals surface area contributed by atoms with Crippen molar-refractivity contribution in [1.29, 1.82) is 0 Å². The van der Waals surface area contributed by atoms with Gasteiger partial charge in [-0.15, -0.1) is 0 Å². The average Bonchev–Trinajstić information content (AvgIpc) is 2.33. The van der Waals surface area contributed by atoms with E-state index in [0.717, 1.165) is 0 Å². The Balaban J connectivity index is 3.12. The molecule has 92 valence electrons. The molecule has 0 aromatic heterocycles. The van der Waals surface area contributed by atoms with Gasteiger partial charge in [-0.25, -0.2) is 0 Å². The minimum absolute atomic E-state index is 0.222. The highest BCUT2D eigenvalue weighted by molar-refractivity contribution is 5.98. The average molecular weight is 236 g/mol. The Hall–Kier alpha value is -1.84. The predicted octanol–water partition coefficient (Wildman–Crippen LogP) is 2.02. The quantitative estimate of drug-likeness (QED) is 0.606. The van der Waals surface area contributed by atoms with E-state index in [-0.39, 0.29) is 6.42 Å². The van der Waals surface area contributed by atoms with Crippen molar-refractivity contribution in [2.24, 2.45) is 0 Å². The molecule has 0 heterocycles. The number of carboxylic acids is 1. The third kappa shape index (κ3) is 2.46. The molecule has 1 N–H and O–H groups in total. The normalized spacial score (nSPS) is 13.8. The van der Waals surface area contributed by atoms with Crippen LogP contribution in [0.15, 0.2) is 24.3 Å². The molecule has 0 fully saturated rings. The first-order valence-corrected chi connectivity index (χ1v) is 5.53. The number of rotatable bonds is 6. The van der Waals surface area contributed by atoms with E-state index in [9.17, 15) is 14.7 Å². The Morgan fingerprint density at radius 1 is 1.35 bits per heavy atom. The summed E-state index contributed by atoms with van der Waals surface area (Å²) >= 11 is 0. The second-order valence-corrected chi connectivity index (χ2v) is 3.71. The third-order valence-corrected chi connectivity index (χ3v) is 2.82. The third-order valence-electron chi connectivity index (χ3n) is 2.82. The zero-order valence-corrected chi connectivity index (χ0v) is 9.97. The van der Waals surface area contributed by atoms with E-state index in [1.165, 1.54) is 0 Å². The summed E-state index contributed by atoms with van der Waals surface area (Å²) in [5, 5.41) is 9.19. The van der Waals surface area contributed by atoms with Gasteiger partial charge >= 0.3 is 5.97 Å². The lowest BCUT2D eigenvalue weighted by Crippen LogP contribution is -2.36. The van der Waals surface area contributed by atoms with Gasteiger partial charge in [0.25, 0.3) is 0 Å². The molecule has 1 atom stereocenters. The number of ether oxygens (including phenoxy) is 1. The summed E-state index contributed by atoms with van der Waals surface area (Å²) in [6, 6.07) is 6.60. The molecule has 0 saturated heterocycles. The molecule has 17 heavy (non-hydrogen) atoms. The van der Waals surface area contributed by atoms with Crippen LogP contribution in [-0.2, 0) is 15.0 Å². The highest BCUT2D eigenvalue weighted by Crippen LogP contribution is 2.27. The maximum Gasteiger partial charge on any atom is 0.321 e. The monoisotopic (exact) mass is 236 g/mol. The van der Waals surface area contributed by atoms with Gasteiger partial charge in [-0.2, -0.15) is 0 Å². The van der Waals surface area contributed by atoms with Gasteiger partial charge in [0.1, 0.15) is 17.5 Å². The van der Waals surface area contributed by atoms with Crippen molar-refractivity contribution in [1.82, 2.24) is 0 Å². The number of hydrogen-bond donors (Lipinski definition) is 1. The zero-order valence-electron chi connectivity index (χ0n) is 9.97. The van der Waals surface area contributed by atoms with Gasteiger partial charge in [-0.1, -0.05) is 19.1 Å². The van der Waals surface area contributed by atoms with Crippen LogP contribution in [0.1, 0.15) is 25.8 Å². The lowest BCUT2D eigenvalue weighted by atomic mass is 9.79. The van der Waals surface area contributed by atoms with Crippen molar-refractivity contribution in [2.75, 3.05) is 6.61 Å². The molecule has 4 heteroatoms. The fraction of sp³-hybridized carbons (Fsp3) is 0.385. The number of carbonyl (C=O) groups is 2. The van der Waals surface area contributed by atoms with E-state index in [0.29, 0.717) is 24.2 Å². The largest absolute Gasteiger partial charge is 0.494 e. The Labute approximate surface area is 100 Å². The molecule has 1 rings (SSSR count). The van der Waals surface area contributed by atoms with Crippen molar-refractivity contribution < 1.29 is 19.4 Å². The lowest BCUT2D eigenvalue weighted by Gasteiger charge is -2.22. The van der Waals surface area contributed by atoms with Crippen LogP contribution in [0, 0.1) is 0 Å². The van der Waals surface area contributed by atoms with Crippen LogP contribution in [-0.4, -0.2) is 24.0 Å². The van der Waals surface area contributed by atoms with Crippen molar-refractivity contribution >= 4 is 12.3 Å². The molecule has 1 aromatic rings. The topological polar surface area (TPSA) is 63.6 Å². The van der Waals surface area contributed by atoms with E-state index in [2.05, 4.69) is 0 Å². The van der Waals surface area contributed by atoms with Gasteiger partial charge in [-0.3, -0.25) is 4.79 Å². The predicted molar refractivity (Wildman–Crippen MR) is 63.3 cm³/mol. The van der Waals surface area contributed by atoms with Crippen LogP contribution in [0.25, 0.3) is 0 Å². The fourth-order valence-electron chi connectivity index (χ4n) is 1.70. The molecular weight excluding hydrogens is 220 g/mol. The Morgan fingerprint density at radius 3 is 2.29 bits per heavy atom. The summed E-state index contributed by atoms with van der Waals surface area (Å²) < 4.78 is 5.27. The molecule has 0 saturated carbocycles. The van der Waals surface area contributed by atoms with Crippen molar-refractivity contribution in [2.45, 2.75) is 25.7 Å². The van der Waals surface area contributed by atoms with Gasteiger partial charge in [0.15, 0.2) is 0 Å². The highest BCUT2D eigenvalue weighted by Gasteiger charge is 2.38. The van der Waals surface area contributed by atoms with E-state index in [1.54, 1.807) is 31.2 Å². The molecule has 0 amide bonds. The van der Waals surface area contributed by atoms with Crippen LogP contribution >= 0.6 is 0 Å². The van der Waals surface area contributed by atoms with Crippen LogP contribution in [0.4, 0.5) is 0 Å².